The molecule has 2 heterocycles. The standard InChI is InChI=1S/C24H21N5O2S/c1-18-11-13-19(14-12-18)23-27-28-24(29(23)20-7-3-2-4-8-20)32-17-22(30)26-25-15-5-9-21-10-6-16-31-21/h2-16H,17H2,1H3,(H,26,30)/b9-5+,25-15+. The zero-order valence-corrected chi connectivity index (χ0v) is 18.2. The van der Waals surface area contributed by atoms with E-state index in [1.54, 1.807) is 24.5 Å². The molecule has 1 amide bonds. The molecule has 4 rings (SSSR count). The van der Waals surface area contributed by atoms with Crippen molar-refractivity contribution < 1.29 is 9.21 Å². The summed E-state index contributed by atoms with van der Waals surface area (Å²) in [4.78, 5) is 12.2. The van der Waals surface area contributed by atoms with Crippen LogP contribution in [0.25, 0.3) is 23.2 Å². The minimum Gasteiger partial charge on any atom is -0.465 e. The first-order chi connectivity index (χ1) is 15.7. The molecule has 2 aromatic carbocycles. The number of hydrogen-bond donors (Lipinski definition) is 1. The Morgan fingerprint density at radius 3 is 2.66 bits per heavy atom. The molecule has 7 nitrogen and oxygen atoms in total. The quantitative estimate of drug-likeness (QED) is 0.241. The highest BCUT2D eigenvalue weighted by Gasteiger charge is 2.17. The van der Waals surface area contributed by atoms with Crippen molar-refractivity contribution >= 4 is 30.0 Å². The maximum Gasteiger partial charge on any atom is 0.250 e. The van der Waals surface area contributed by atoms with E-state index in [0.29, 0.717) is 10.9 Å². The Morgan fingerprint density at radius 1 is 1.09 bits per heavy atom. The number of hydrogen-bond acceptors (Lipinski definition) is 6. The molecule has 0 bridgehead atoms. The molecule has 0 spiro atoms. The monoisotopic (exact) mass is 443 g/mol. The highest BCUT2D eigenvalue weighted by atomic mass is 32.2. The van der Waals surface area contributed by atoms with Crippen LogP contribution in [0.2, 0.25) is 0 Å². The van der Waals surface area contributed by atoms with Crippen molar-refractivity contribution in [2.75, 3.05) is 5.75 Å². The zero-order chi connectivity index (χ0) is 22.2. The third-order valence-electron chi connectivity index (χ3n) is 4.44. The number of aromatic nitrogens is 3. The van der Waals surface area contributed by atoms with E-state index in [-0.39, 0.29) is 11.7 Å². The van der Waals surface area contributed by atoms with Crippen molar-refractivity contribution in [1.29, 1.82) is 0 Å². The van der Waals surface area contributed by atoms with E-state index in [2.05, 4.69) is 20.7 Å². The predicted molar refractivity (Wildman–Crippen MR) is 127 cm³/mol. The van der Waals surface area contributed by atoms with Gasteiger partial charge in [-0.1, -0.05) is 59.8 Å². The molecule has 32 heavy (non-hydrogen) atoms. The van der Waals surface area contributed by atoms with Gasteiger partial charge in [0.15, 0.2) is 11.0 Å². The number of nitrogens with one attached hydrogen (secondary N) is 1. The number of para-hydroxylation sites is 1. The minimum atomic E-state index is -0.239. The Balaban J connectivity index is 1.45. The fourth-order valence-electron chi connectivity index (χ4n) is 2.90. The molecule has 0 aliphatic rings. The highest BCUT2D eigenvalue weighted by molar-refractivity contribution is 7.99. The van der Waals surface area contributed by atoms with Crippen molar-refractivity contribution in [2.24, 2.45) is 5.10 Å². The van der Waals surface area contributed by atoms with Crippen LogP contribution in [-0.2, 0) is 4.79 Å². The fraction of sp³-hybridized carbons (Fsp3) is 0.0833. The van der Waals surface area contributed by atoms with Crippen molar-refractivity contribution in [3.05, 3.63) is 90.4 Å². The fourth-order valence-corrected chi connectivity index (χ4v) is 3.65. The Morgan fingerprint density at radius 2 is 1.91 bits per heavy atom. The van der Waals surface area contributed by atoms with Gasteiger partial charge in [0.05, 0.1) is 12.0 Å². The highest BCUT2D eigenvalue weighted by Crippen LogP contribution is 2.28. The third kappa shape index (κ3) is 5.41. The Kier molecular flexibility index (Phi) is 6.94. The average molecular weight is 444 g/mol. The first kappa shape index (κ1) is 21.3. The Labute approximate surface area is 189 Å². The van der Waals surface area contributed by atoms with Crippen LogP contribution in [0.1, 0.15) is 11.3 Å². The largest absolute Gasteiger partial charge is 0.465 e. The van der Waals surface area contributed by atoms with Crippen LogP contribution < -0.4 is 5.43 Å². The maximum absolute atomic E-state index is 12.2. The van der Waals surface area contributed by atoms with Gasteiger partial charge in [-0.3, -0.25) is 9.36 Å². The Bertz CT molecular complexity index is 1210. The number of hydrazone groups is 1. The summed E-state index contributed by atoms with van der Waals surface area (Å²) >= 11 is 1.30. The molecule has 0 atom stereocenters. The molecule has 0 saturated carbocycles. The second kappa shape index (κ2) is 10.4. The van der Waals surface area contributed by atoms with Crippen molar-refractivity contribution in [3.63, 3.8) is 0 Å². The van der Waals surface area contributed by atoms with Crippen molar-refractivity contribution in [1.82, 2.24) is 20.2 Å². The summed E-state index contributed by atoms with van der Waals surface area (Å²) in [5.41, 5.74) is 5.56. The lowest BCUT2D eigenvalue weighted by Crippen LogP contribution is -2.19. The van der Waals surface area contributed by atoms with Gasteiger partial charge in [-0.15, -0.1) is 10.2 Å². The first-order valence-corrected chi connectivity index (χ1v) is 10.9. The predicted octanol–water partition coefficient (Wildman–Crippen LogP) is 4.74. The topological polar surface area (TPSA) is 85.3 Å². The normalized spacial score (nSPS) is 11.4. The van der Waals surface area contributed by atoms with Gasteiger partial charge in [0.25, 0.3) is 5.91 Å². The van der Waals surface area contributed by atoms with E-state index >= 15 is 0 Å². The summed E-state index contributed by atoms with van der Waals surface area (Å²) in [5.74, 6) is 1.35. The van der Waals surface area contributed by atoms with Gasteiger partial charge >= 0.3 is 0 Å². The Hall–Kier alpha value is -3.91. The summed E-state index contributed by atoms with van der Waals surface area (Å²) in [6.45, 7) is 2.04. The lowest BCUT2D eigenvalue weighted by atomic mass is 10.1. The van der Waals surface area contributed by atoms with Gasteiger partial charge in [0, 0.05) is 17.5 Å². The molecule has 160 valence electrons. The third-order valence-corrected chi connectivity index (χ3v) is 5.37. The summed E-state index contributed by atoms with van der Waals surface area (Å²) in [6.07, 6.45) is 6.52. The molecular formula is C24H21N5O2S. The lowest BCUT2D eigenvalue weighted by molar-refractivity contribution is -0.118. The lowest BCUT2D eigenvalue weighted by Gasteiger charge is -2.10. The van der Waals surface area contributed by atoms with Crippen LogP contribution in [-0.4, -0.2) is 32.6 Å². The van der Waals surface area contributed by atoms with E-state index in [1.807, 2.05) is 72.2 Å². The van der Waals surface area contributed by atoms with Gasteiger partial charge in [-0.25, -0.2) is 5.43 Å². The number of allylic oxidation sites excluding steroid dienone is 1. The van der Waals surface area contributed by atoms with E-state index in [1.165, 1.54) is 23.5 Å². The van der Waals surface area contributed by atoms with Gasteiger partial charge in [-0.05, 0) is 43.3 Å². The molecule has 0 aliphatic carbocycles. The number of thioether (sulfide) groups is 1. The number of carbonyl (C=O) groups excluding carboxylic acids is 1. The van der Waals surface area contributed by atoms with E-state index < -0.39 is 0 Å². The maximum atomic E-state index is 12.2. The molecule has 4 aromatic rings. The second-order valence-corrected chi connectivity index (χ2v) is 7.76. The van der Waals surface area contributed by atoms with Gasteiger partial charge in [0.2, 0.25) is 0 Å². The van der Waals surface area contributed by atoms with Crippen LogP contribution in [0.5, 0.6) is 0 Å². The van der Waals surface area contributed by atoms with Gasteiger partial charge in [0.1, 0.15) is 5.76 Å². The molecule has 0 unspecified atom stereocenters. The number of furan rings is 1. The minimum absolute atomic E-state index is 0.151. The molecular weight excluding hydrogens is 422 g/mol. The van der Waals surface area contributed by atoms with E-state index in [0.717, 1.165) is 17.1 Å². The first-order valence-electron chi connectivity index (χ1n) is 9.93. The van der Waals surface area contributed by atoms with Gasteiger partial charge < -0.3 is 4.42 Å². The number of amides is 1. The zero-order valence-electron chi connectivity index (χ0n) is 17.4. The van der Waals surface area contributed by atoms with E-state index in [9.17, 15) is 4.79 Å². The molecule has 8 heteroatoms. The van der Waals surface area contributed by atoms with E-state index in [4.69, 9.17) is 4.42 Å². The molecule has 0 fully saturated rings. The van der Waals surface area contributed by atoms with Gasteiger partial charge in [-0.2, -0.15) is 5.10 Å². The second-order valence-electron chi connectivity index (χ2n) is 6.82. The summed E-state index contributed by atoms with van der Waals surface area (Å²) < 4.78 is 7.14. The molecule has 2 aromatic heterocycles. The summed E-state index contributed by atoms with van der Waals surface area (Å²) in [7, 11) is 0. The van der Waals surface area contributed by atoms with Crippen molar-refractivity contribution in [2.45, 2.75) is 12.1 Å². The number of carbonyl (C=O) groups is 1. The molecule has 0 aliphatic heterocycles. The van der Waals surface area contributed by atoms with Crippen LogP contribution in [0.4, 0.5) is 0 Å². The number of nitrogens with zero attached hydrogens (tertiary/aromatic N) is 4. The summed E-state index contributed by atoms with van der Waals surface area (Å²) in [5, 5.41) is 13.3. The SMILES string of the molecule is Cc1ccc(-c2nnc(SCC(=O)N/N=C/C=C/c3ccco3)n2-c2ccccc2)cc1. The molecule has 0 saturated heterocycles. The molecule has 0 radical (unpaired) electrons. The van der Waals surface area contributed by atoms with Crippen LogP contribution >= 0.6 is 11.8 Å². The number of aryl methyl sites for hydroxylation is 1. The average Bonchev–Trinajstić information content (AvgIpc) is 3.48. The number of benzene rings is 2. The van der Waals surface area contributed by atoms with Crippen LogP contribution in [0.3, 0.4) is 0 Å². The smallest absolute Gasteiger partial charge is 0.250 e. The van der Waals surface area contributed by atoms with Crippen LogP contribution in [0, 0.1) is 6.92 Å². The van der Waals surface area contributed by atoms with Crippen molar-refractivity contribution in [3.8, 4) is 17.1 Å². The molecule has 1 N–H and O–H groups in total. The summed E-state index contributed by atoms with van der Waals surface area (Å²) in [6, 6.07) is 21.6. The number of rotatable bonds is 8. The van der Waals surface area contributed by atoms with Crippen LogP contribution in [0.15, 0.2) is 93.7 Å².